The van der Waals surface area contributed by atoms with E-state index in [1.165, 1.54) is 0 Å². The first-order chi connectivity index (χ1) is 11.9. The van der Waals surface area contributed by atoms with Gasteiger partial charge in [-0.05, 0) is 0 Å². The van der Waals surface area contributed by atoms with Gasteiger partial charge in [-0.15, -0.1) is 0 Å². The molecule has 0 heterocycles. The highest BCUT2D eigenvalue weighted by atomic mass is 16.6. The molecule has 9 nitrogen and oxygen atoms in total. The summed E-state index contributed by atoms with van der Waals surface area (Å²) in [5.41, 5.74) is 0. The summed E-state index contributed by atoms with van der Waals surface area (Å²) in [5, 5.41) is 9.52. The SMILES string of the molecule is C=CC(=O)OCCCOC(=O)CC(O)C(=O)OCCCOC(=O)C=C. The second-order valence-corrected chi connectivity index (χ2v) is 4.56. The summed E-state index contributed by atoms with van der Waals surface area (Å²) in [7, 11) is 0. The molecule has 0 rings (SSSR count). The Kier molecular flexibility index (Phi) is 12.3. The molecule has 1 N–H and O–H groups in total. The molecule has 25 heavy (non-hydrogen) atoms. The predicted octanol–water partition coefficient (Wildman–Crippen LogP) is 0.0624. The fraction of sp³-hybridized carbons (Fsp3) is 0.500. The Morgan fingerprint density at radius 3 is 1.72 bits per heavy atom. The van der Waals surface area contributed by atoms with Crippen molar-refractivity contribution in [2.24, 2.45) is 0 Å². The van der Waals surface area contributed by atoms with E-state index < -0.39 is 36.4 Å². The minimum absolute atomic E-state index is 0.0281. The lowest BCUT2D eigenvalue weighted by Gasteiger charge is -2.10. The molecule has 0 aromatic carbocycles. The molecule has 140 valence electrons. The Bertz CT molecular complexity index is 484. The molecule has 0 aromatic rings. The summed E-state index contributed by atoms with van der Waals surface area (Å²) >= 11 is 0. The minimum Gasteiger partial charge on any atom is -0.465 e. The molecule has 0 aliphatic carbocycles. The maximum atomic E-state index is 11.4. The average molecular weight is 358 g/mol. The van der Waals surface area contributed by atoms with Gasteiger partial charge in [0.1, 0.15) is 0 Å². The van der Waals surface area contributed by atoms with Gasteiger partial charge in [0, 0.05) is 25.0 Å². The number of rotatable bonds is 13. The number of hydrogen-bond donors (Lipinski definition) is 1. The fourth-order valence-corrected chi connectivity index (χ4v) is 1.34. The molecule has 1 atom stereocenters. The van der Waals surface area contributed by atoms with Gasteiger partial charge in [0.25, 0.3) is 0 Å². The zero-order chi connectivity index (χ0) is 19.1. The molecule has 9 heteroatoms. The van der Waals surface area contributed by atoms with Crippen molar-refractivity contribution < 1.29 is 43.2 Å². The molecule has 0 aromatic heterocycles. The van der Waals surface area contributed by atoms with Gasteiger partial charge in [0.05, 0.1) is 32.8 Å². The van der Waals surface area contributed by atoms with Gasteiger partial charge in [-0.3, -0.25) is 4.79 Å². The van der Waals surface area contributed by atoms with E-state index >= 15 is 0 Å². The molecular weight excluding hydrogens is 336 g/mol. The van der Waals surface area contributed by atoms with Crippen LogP contribution in [0.15, 0.2) is 25.3 Å². The Hall–Kier alpha value is -2.68. The van der Waals surface area contributed by atoms with Crippen molar-refractivity contribution in [2.45, 2.75) is 25.4 Å². The van der Waals surface area contributed by atoms with Crippen LogP contribution in [-0.2, 0) is 38.1 Å². The van der Waals surface area contributed by atoms with Crippen molar-refractivity contribution in [1.29, 1.82) is 0 Å². The minimum atomic E-state index is -1.65. The smallest absolute Gasteiger partial charge is 0.335 e. The molecule has 0 spiro atoms. The van der Waals surface area contributed by atoms with Crippen LogP contribution in [0.3, 0.4) is 0 Å². The topological polar surface area (TPSA) is 125 Å². The quantitative estimate of drug-likeness (QED) is 0.210. The van der Waals surface area contributed by atoms with Crippen LogP contribution in [0.1, 0.15) is 19.3 Å². The van der Waals surface area contributed by atoms with E-state index in [0.717, 1.165) is 12.2 Å². The van der Waals surface area contributed by atoms with E-state index in [4.69, 9.17) is 9.47 Å². The summed E-state index contributed by atoms with van der Waals surface area (Å²) in [6.07, 6.45) is 0.321. The zero-order valence-electron chi connectivity index (χ0n) is 13.8. The van der Waals surface area contributed by atoms with Crippen molar-refractivity contribution >= 4 is 23.9 Å². The number of hydrogen-bond acceptors (Lipinski definition) is 9. The largest absolute Gasteiger partial charge is 0.465 e. The lowest BCUT2D eigenvalue weighted by Crippen LogP contribution is -2.27. The van der Waals surface area contributed by atoms with Crippen LogP contribution in [0.5, 0.6) is 0 Å². The standard InChI is InChI=1S/C16H22O9/c1-3-13(18)22-7-5-9-24-15(20)11-12(17)16(21)25-10-6-8-23-14(19)4-2/h3-4,12,17H,1-2,5-11H2. The Balaban J connectivity index is 3.74. The third-order valence-electron chi connectivity index (χ3n) is 2.54. The first-order valence-electron chi connectivity index (χ1n) is 7.49. The molecule has 0 saturated heterocycles. The Morgan fingerprint density at radius 1 is 0.800 bits per heavy atom. The molecule has 0 bridgehead atoms. The summed E-state index contributed by atoms with van der Waals surface area (Å²) in [6, 6.07) is 0. The second-order valence-electron chi connectivity index (χ2n) is 4.56. The molecular formula is C16H22O9. The summed E-state index contributed by atoms with van der Waals surface area (Å²) < 4.78 is 18.8. The first kappa shape index (κ1) is 22.3. The second kappa shape index (κ2) is 13.7. The number of aliphatic hydroxyl groups excluding tert-OH is 1. The summed E-state index contributed by atoms with van der Waals surface area (Å²) in [5.74, 6) is -2.94. The first-order valence-corrected chi connectivity index (χ1v) is 7.49. The molecule has 0 saturated carbocycles. The lowest BCUT2D eigenvalue weighted by atomic mass is 10.2. The van der Waals surface area contributed by atoms with Crippen molar-refractivity contribution in [2.75, 3.05) is 26.4 Å². The van der Waals surface area contributed by atoms with Gasteiger partial charge in [-0.1, -0.05) is 13.2 Å². The molecule has 0 amide bonds. The van der Waals surface area contributed by atoms with Crippen LogP contribution in [0.2, 0.25) is 0 Å². The van der Waals surface area contributed by atoms with E-state index in [-0.39, 0.29) is 39.3 Å². The van der Waals surface area contributed by atoms with E-state index in [2.05, 4.69) is 22.6 Å². The predicted molar refractivity (Wildman–Crippen MR) is 84.1 cm³/mol. The number of ether oxygens (including phenoxy) is 4. The van der Waals surface area contributed by atoms with Gasteiger partial charge in [0.15, 0.2) is 6.10 Å². The third kappa shape index (κ3) is 12.4. The number of carbonyl (C=O) groups excluding carboxylic acids is 4. The Morgan fingerprint density at radius 2 is 1.24 bits per heavy atom. The Labute approximate surface area is 145 Å². The molecule has 1 unspecified atom stereocenters. The maximum absolute atomic E-state index is 11.4. The van der Waals surface area contributed by atoms with Crippen molar-refractivity contribution in [3.8, 4) is 0 Å². The fourth-order valence-electron chi connectivity index (χ4n) is 1.34. The molecule has 0 aliphatic rings. The van der Waals surface area contributed by atoms with Crippen LogP contribution < -0.4 is 0 Å². The highest BCUT2D eigenvalue weighted by molar-refractivity contribution is 5.82. The van der Waals surface area contributed by atoms with Crippen molar-refractivity contribution in [3.63, 3.8) is 0 Å². The van der Waals surface area contributed by atoms with Gasteiger partial charge in [0.2, 0.25) is 0 Å². The lowest BCUT2D eigenvalue weighted by molar-refractivity contribution is -0.160. The number of esters is 4. The number of aliphatic hydroxyl groups is 1. The van der Waals surface area contributed by atoms with E-state index in [1.54, 1.807) is 0 Å². The highest BCUT2D eigenvalue weighted by Gasteiger charge is 2.21. The molecule has 0 radical (unpaired) electrons. The van der Waals surface area contributed by atoms with Gasteiger partial charge in [-0.2, -0.15) is 0 Å². The zero-order valence-corrected chi connectivity index (χ0v) is 13.8. The average Bonchev–Trinajstić information content (AvgIpc) is 2.60. The number of carbonyl (C=O) groups is 4. The van der Waals surface area contributed by atoms with Crippen molar-refractivity contribution in [1.82, 2.24) is 0 Å². The van der Waals surface area contributed by atoms with Crippen LogP contribution >= 0.6 is 0 Å². The third-order valence-corrected chi connectivity index (χ3v) is 2.54. The van der Waals surface area contributed by atoms with Crippen LogP contribution in [0.25, 0.3) is 0 Å². The van der Waals surface area contributed by atoms with Crippen molar-refractivity contribution in [3.05, 3.63) is 25.3 Å². The maximum Gasteiger partial charge on any atom is 0.335 e. The molecule has 0 fully saturated rings. The summed E-state index contributed by atoms with van der Waals surface area (Å²) in [6.45, 7) is 6.42. The monoisotopic (exact) mass is 358 g/mol. The van der Waals surface area contributed by atoms with Gasteiger partial charge in [-0.25, -0.2) is 14.4 Å². The highest BCUT2D eigenvalue weighted by Crippen LogP contribution is 2.00. The van der Waals surface area contributed by atoms with Crippen LogP contribution in [0.4, 0.5) is 0 Å². The van der Waals surface area contributed by atoms with Crippen LogP contribution in [0, 0.1) is 0 Å². The van der Waals surface area contributed by atoms with E-state index in [9.17, 15) is 24.3 Å². The van der Waals surface area contributed by atoms with Gasteiger partial charge < -0.3 is 24.1 Å². The van der Waals surface area contributed by atoms with Crippen LogP contribution in [-0.4, -0.2) is 61.5 Å². The van der Waals surface area contributed by atoms with E-state index in [1.807, 2.05) is 0 Å². The van der Waals surface area contributed by atoms with Gasteiger partial charge >= 0.3 is 23.9 Å². The molecule has 0 aliphatic heterocycles. The van der Waals surface area contributed by atoms with E-state index in [0.29, 0.717) is 0 Å². The summed E-state index contributed by atoms with van der Waals surface area (Å²) in [4.78, 5) is 44.3. The normalized spacial score (nSPS) is 10.9.